The maximum atomic E-state index is 12.5. The molecule has 0 aromatic heterocycles. The molecule has 0 spiro atoms. The van der Waals surface area contributed by atoms with Crippen LogP contribution in [0.25, 0.3) is 0 Å². The Morgan fingerprint density at radius 1 is 1.15 bits per heavy atom. The average molecular weight is 376 g/mol. The highest BCUT2D eigenvalue weighted by molar-refractivity contribution is 5.88. The highest BCUT2D eigenvalue weighted by atomic mass is 16.6. The van der Waals surface area contributed by atoms with Crippen LogP contribution in [0.1, 0.15) is 33.3 Å². The summed E-state index contributed by atoms with van der Waals surface area (Å²) in [7, 11) is 0. The third-order valence-corrected chi connectivity index (χ3v) is 3.27. The number of nitrogens with one attached hydrogen (secondary N) is 2. The lowest BCUT2D eigenvalue weighted by molar-refractivity contribution is -0.142. The van der Waals surface area contributed by atoms with Gasteiger partial charge in [0, 0.05) is 6.42 Å². The van der Waals surface area contributed by atoms with Gasteiger partial charge in [-0.25, -0.2) is 4.79 Å². The van der Waals surface area contributed by atoms with Gasteiger partial charge in [0.1, 0.15) is 24.8 Å². The van der Waals surface area contributed by atoms with Crippen molar-refractivity contribution in [1.82, 2.24) is 10.6 Å². The fourth-order valence-electron chi connectivity index (χ4n) is 2.08. The van der Waals surface area contributed by atoms with Crippen LogP contribution in [-0.2, 0) is 25.5 Å². The zero-order valence-corrected chi connectivity index (χ0v) is 16.3. The summed E-state index contributed by atoms with van der Waals surface area (Å²) in [6, 6.07) is 8.36. The number of carbonyl (C=O) groups is 3. The third kappa shape index (κ3) is 10.0. The summed E-state index contributed by atoms with van der Waals surface area (Å²) >= 11 is 0. The van der Waals surface area contributed by atoms with Crippen LogP contribution in [0.3, 0.4) is 0 Å². The van der Waals surface area contributed by atoms with Gasteiger partial charge in [0.15, 0.2) is 0 Å². The zero-order valence-electron chi connectivity index (χ0n) is 16.3. The van der Waals surface area contributed by atoms with Gasteiger partial charge in [-0.2, -0.15) is 0 Å². The van der Waals surface area contributed by atoms with Crippen molar-refractivity contribution < 1.29 is 23.9 Å². The molecule has 2 amide bonds. The number of ether oxygens (including phenoxy) is 2. The maximum Gasteiger partial charge on any atom is 0.408 e. The van der Waals surface area contributed by atoms with Crippen molar-refractivity contribution >= 4 is 18.0 Å². The molecule has 0 bridgehead atoms. The second-order valence-corrected chi connectivity index (χ2v) is 6.86. The minimum Gasteiger partial charge on any atom is -0.460 e. The number of hydrogen-bond donors (Lipinski definition) is 2. The molecule has 1 aromatic rings. The average Bonchev–Trinajstić information content (AvgIpc) is 2.58. The smallest absolute Gasteiger partial charge is 0.408 e. The largest absolute Gasteiger partial charge is 0.460 e. The van der Waals surface area contributed by atoms with E-state index in [1.165, 1.54) is 0 Å². The Hall–Kier alpha value is -2.83. The lowest BCUT2D eigenvalue weighted by Crippen LogP contribution is -2.50. The Balaban J connectivity index is 2.69. The number of alkyl carbamates (subject to hydrolysis) is 1. The normalized spacial score (nSPS) is 12.3. The predicted octanol–water partition coefficient (Wildman–Crippen LogP) is 2.36. The molecule has 2 N–H and O–H groups in total. The van der Waals surface area contributed by atoms with Gasteiger partial charge in [0.05, 0.1) is 0 Å². The van der Waals surface area contributed by atoms with E-state index in [2.05, 4.69) is 10.6 Å². The van der Waals surface area contributed by atoms with Gasteiger partial charge in [-0.15, -0.1) is 0 Å². The third-order valence-electron chi connectivity index (χ3n) is 3.27. The molecule has 0 aliphatic carbocycles. The van der Waals surface area contributed by atoms with Crippen LogP contribution in [0.15, 0.2) is 42.5 Å². The fraction of sp³-hybridized carbons (Fsp3) is 0.450. The molecular weight excluding hydrogens is 348 g/mol. The van der Waals surface area contributed by atoms with E-state index in [-0.39, 0.29) is 19.6 Å². The van der Waals surface area contributed by atoms with E-state index in [4.69, 9.17) is 9.47 Å². The molecule has 0 heterocycles. The van der Waals surface area contributed by atoms with Gasteiger partial charge >= 0.3 is 12.1 Å². The van der Waals surface area contributed by atoms with Gasteiger partial charge in [0.25, 0.3) is 0 Å². The molecule has 0 aliphatic rings. The first kappa shape index (κ1) is 22.2. The lowest BCUT2D eigenvalue weighted by Gasteiger charge is -2.23. The summed E-state index contributed by atoms with van der Waals surface area (Å²) in [5.74, 6) is -1.05. The van der Waals surface area contributed by atoms with Crippen LogP contribution in [-0.4, -0.2) is 42.8 Å². The zero-order chi connectivity index (χ0) is 20.3. The van der Waals surface area contributed by atoms with Crippen LogP contribution in [0.4, 0.5) is 4.79 Å². The Kier molecular flexibility index (Phi) is 9.05. The van der Waals surface area contributed by atoms with Crippen LogP contribution >= 0.6 is 0 Å². The highest BCUT2D eigenvalue weighted by Gasteiger charge is 2.25. The Morgan fingerprint density at radius 3 is 2.41 bits per heavy atom. The molecule has 0 saturated heterocycles. The number of allylic oxidation sites excluding steroid dienone is 1. The molecule has 1 atom stereocenters. The molecule has 0 aliphatic heterocycles. The van der Waals surface area contributed by atoms with Gasteiger partial charge in [-0.1, -0.05) is 42.5 Å². The van der Waals surface area contributed by atoms with E-state index in [1.54, 1.807) is 32.9 Å². The number of benzene rings is 1. The van der Waals surface area contributed by atoms with Crippen molar-refractivity contribution in [1.29, 1.82) is 0 Å². The molecule has 1 unspecified atom stereocenters. The van der Waals surface area contributed by atoms with Crippen LogP contribution in [0.2, 0.25) is 0 Å². The van der Waals surface area contributed by atoms with Crippen molar-refractivity contribution in [3.05, 3.63) is 48.0 Å². The van der Waals surface area contributed by atoms with Gasteiger partial charge < -0.3 is 20.1 Å². The monoisotopic (exact) mass is 376 g/mol. The SMILES string of the molecule is C/C=C/COC(=O)CNC(=O)C(Cc1ccccc1)NC(=O)OC(C)(C)C. The standard InChI is InChI=1S/C20H28N2O5/c1-5-6-12-26-17(23)14-21-18(24)16(13-15-10-8-7-9-11-15)22-19(25)27-20(2,3)4/h5-11,16H,12-14H2,1-4H3,(H,21,24)(H,22,25)/b6-5+. The lowest BCUT2D eigenvalue weighted by atomic mass is 10.1. The quantitative estimate of drug-likeness (QED) is 0.537. The molecule has 1 aromatic carbocycles. The Bertz CT molecular complexity index is 650. The van der Waals surface area contributed by atoms with Gasteiger partial charge in [-0.05, 0) is 33.3 Å². The number of amides is 2. The van der Waals surface area contributed by atoms with Gasteiger partial charge in [-0.3, -0.25) is 9.59 Å². The highest BCUT2D eigenvalue weighted by Crippen LogP contribution is 2.08. The molecule has 7 nitrogen and oxygen atoms in total. The number of esters is 1. The molecule has 27 heavy (non-hydrogen) atoms. The minimum atomic E-state index is -0.884. The van der Waals surface area contributed by atoms with Crippen molar-refractivity contribution in [3.8, 4) is 0 Å². The molecule has 148 valence electrons. The maximum absolute atomic E-state index is 12.5. The molecule has 0 fully saturated rings. The van der Waals surface area contributed by atoms with Crippen molar-refractivity contribution in [3.63, 3.8) is 0 Å². The van der Waals surface area contributed by atoms with Crippen molar-refractivity contribution in [2.75, 3.05) is 13.2 Å². The first-order valence-electron chi connectivity index (χ1n) is 8.79. The van der Waals surface area contributed by atoms with Crippen molar-refractivity contribution in [2.45, 2.75) is 45.8 Å². The Labute approximate surface area is 160 Å². The summed E-state index contributed by atoms with van der Waals surface area (Å²) in [6.07, 6.45) is 3.00. The first-order chi connectivity index (χ1) is 12.7. The van der Waals surface area contributed by atoms with Crippen molar-refractivity contribution in [2.24, 2.45) is 0 Å². The molecule has 7 heteroatoms. The van der Waals surface area contributed by atoms with E-state index in [0.717, 1.165) is 5.56 Å². The number of carbonyl (C=O) groups excluding carboxylic acids is 3. The number of hydrogen-bond acceptors (Lipinski definition) is 5. The summed E-state index contributed by atoms with van der Waals surface area (Å²) < 4.78 is 10.1. The molecular formula is C20H28N2O5. The van der Waals surface area contributed by atoms with E-state index in [0.29, 0.717) is 0 Å². The summed E-state index contributed by atoms with van der Waals surface area (Å²) in [5, 5.41) is 5.05. The minimum absolute atomic E-state index is 0.148. The summed E-state index contributed by atoms with van der Waals surface area (Å²) in [6.45, 7) is 6.89. The fourth-order valence-corrected chi connectivity index (χ4v) is 2.08. The topological polar surface area (TPSA) is 93.7 Å². The molecule has 1 rings (SSSR count). The second-order valence-electron chi connectivity index (χ2n) is 6.86. The summed E-state index contributed by atoms with van der Waals surface area (Å²) in [4.78, 5) is 36.2. The Morgan fingerprint density at radius 2 is 1.81 bits per heavy atom. The van der Waals surface area contributed by atoms with E-state index in [9.17, 15) is 14.4 Å². The van der Waals surface area contributed by atoms with Gasteiger partial charge in [0.2, 0.25) is 5.91 Å². The van der Waals surface area contributed by atoms with E-state index < -0.39 is 29.6 Å². The molecule has 0 radical (unpaired) electrons. The predicted molar refractivity (Wildman–Crippen MR) is 102 cm³/mol. The molecule has 0 saturated carbocycles. The van der Waals surface area contributed by atoms with E-state index in [1.807, 2.05) is 37.3 Å². The number of rotatable bonds is 8. The summed E-state index contributed by atoms with van der Waals surface area (Å²) in [5.41, 5.74) is 0.179. The van der Waals surface area contributed by atoms with Crippen LogP contribution in [0.5, 0.6) is 0 Å². The second kappa shape index (κ2) is 11.0. The van der Waals surface area contributed by atoms with E-state index >= 15 is 0 Å². The first-order valence-corrected chi connectivity index (χ1v) is 8.79. The van der Waals surface area contributed by atoms with Crippen LogP contribution in [0, 0.1) is 0 Å². The van der Waals surface area contributed by atoms with Crippen LogP contribution < -0.4 is 10.6 Å².